The van der Waals surface area contributed by atoms with Gasteiger partial charge in [-0.05, 0) is 55.0 Å². The number of pyridine rings is 3. The van der Waals surface area contributed by atoms with Gasteiger partial charge in [0.25, 0.3) is 0 Å². The maximum Gasteiger partial charge on any atom is 0.222 e. The van der Waals surface area contributed by atoms with E-state index in [-0.39, 0.29) is 11.7 Å². The zero-order valence-electron chi connectivity index (χ0n) is 24.1. The van der Waals surface area contributed by atoms with E-state index in [4.69, 9.17) is 9.72 Å². The first kappa shape index (κ1) is 27.3. The van der Waals surface area contributed by atoms with E-state index in [1.54, 1.807) is 27.9 Å². The van der Waals surface area contributed by atoms with Gasteiger partial charge in [0.15, 0.2) is 0 Å². The van der Waals surface area contributed by atoms with E-state index in [9.17, 15) is 14.4 Å². The van der Waals surface area contributed by atoms with Crippen LogP contribution in [0.3, 0.4) is 0 Å². The summed E-state index contributed by atoms with van der Waals surface area (Å²) in [4.78, 5) is 27.2. The monoisotopic (exact) mass is 580 g/mol. The molecule has 8 heterocycles. The Bertz CT molecular complexity index is 1690. The number of hydrogen-bond donors (Lipinski definition) is 0. The van der Waals surface area contributed by atoms with Crippen molar-refractivity contribution in [3.8, 4) is 22.9 Å². The summed E-state index contributed by atoms with van der Waals surface area (Å²) in [6.45, 7) is 3.73. The van der Waals surface area contributed by atoms with Crippen LogP contribution in [-0.4, -0.2) is 80.7 Å². The summed E-state index contributed by atoms with van der Waals surface area (Å²) < 4.78 is 21.5. The molecule has 0 aromatic carbocycles. The number of ether oxygens (including phenoxy) is 1. The minimum absolute atomic E-state index is 0.205. The number of aromatic nitrogens is 4. The average Bonchev–Trinajstić information content (AvgIpc) is 3.44. The van der Waals surface area contributed by atoms with E-state index in [2.05, 4.69) is 26.0 Å². The molecule has 10 nitrogen and oxygen atoms in total. The summed E-state index contributed by atoms with van der Waals surface area (Å²) in [5.41, 5.74) is 3.83. The number of anilines is 1. The third-order valence-electron chi connectivity index (χ3n) is 9.08. The Morgan fingerprint density at radius 2 is 1.98 bits per heavy atom. The molecular formula is C32H33FN8O2. The number of nitriles is 1. The number of rotatable bonds is 8. The SMILES string of the molecule is CN1CC(CCOc2cc(-c3ccc(N4CC5CC(C4)N5Cc4cncc(F)c4)nc3)c3c(C#N)cnn3c2)CCC1=O. The minimum Gasteiger partial charge on any atom is -0.492 e. The normalized spacial score (nSPS) is 22.0. The molecule has 4 saturated heterocycles. The quantitative estimate of drug-likeness (QED) is 0.309. The number of hydrogen-bond acceptors (Lipinski definition) is 8. The van der Waals surface area contributed by atoms with Crippen molar-refractivity contribution in [3.63, 3.8) is 0 Å². The number of nitrogens with zero attached hydrogens (tertiary/aromatic N) is 8. The second-order valence-corrected chi connectivity index (χ2v) is 11.9. The van der Waals surface area contributed by atoms with Crippen molar-refractivity contribution in [1.82, 2.24) is 29.4 Å². The predicted octanol–water partition coefficient (Wildman–Crippen LogP) is 3.90. The van der Waals surface area contributed by atoms with Crippen molar-refractivity contribution in [2.24, 2.45) is 5.92 Å². The Morgan fingerprint density at radius 3 is 2.72 bits per heavy atom. The fourth-order valence-electron chi connectivity index (χ4n) is 6.77. The minimum atomic E-state index is -0.299. The van der Waals surface area contributed by atoms with Crippen LogP contribution < -0.4 is 9.64 Å². The third kappa shape index (κ3) is 5.39. The van der Waals surface area contributed by atoms with E-state index in [0.29, 0.717) is 48.9 Å². The first-order valence-corrected chi connectivity index (χ1v) is 14.8. The second kappa shape index (κ2) is 11.3. The van der Waals surface area contributed by atoms with Gasteiger partial charge in [-0.25, -0.2) is 13.9 Å². The Balaban J connectivity index is 1.05. The van der Waals surface area contributed by atoms with Gasteiger partial charge in [-0.15, -0.1) is 0 Å². The second-order valence-electron chi connectivity index (χ2n) is 11.9. The van der Waals surface area contributed by atoms with E-state index in [1.807, 2.05) is 37.6 Å². The fraction of sp³-hybridized carbons (Fsp3) is 0.406. The van der Waals surface area contributed by atoms with Crippen molar-refractivity contribution < 1.29 is 13.9 Å². The average molecular weight is 581 g/mol. The molecule has 4 aliphatic rings. The van der Waals surface area contributed by atoms with Crippen molar-refractivity contribution in [2.45, 2.75) is 44.3 Å². The molecule has 2 bridgehead atoms. The summed E-state index contributed by atoms with van der Waals surface area (Å²) in [7, 11) is 1.86. The van der Waals surface area contributed by atoms with Crippen molar-refractivity contribution >= 4 is 17.2 Å². The first-order chi connectivity index (χ1) is 20.9. The molecule has 0 saturated carbocycles. The fourth-order valence-corrected chi connectivity index (χ4v) is 6.77. The summed E-state index contributed by atoms with van der Waals surface area (Å²) in [5, 5.41) is 14.2. The van der Waals surface area contributed by atoms with Gasteiger partial charge < -0.3 is 14.5 Å². The van der Waals surface area contributed by atoms with Crippen LogP contribution >= 0.6 is 0 Å². The summed E-state index contributed by atoms with van der Waals surface area (Å²) in [5.74, 6) is 1.91. The van der Waals surface area contributed by atoms with E-state index < -0.39 is 0 Å². The highest BCUT2D eigenvalue weighted by Crippen LogP contribution is 2.36. The number of likely N-dealkylation sites (tertiary alicyclic amines) is 1. The highest BCUT2D eigenvalue weighted by atomic mass is 19.1. The zero-order chi connectivity index (χ0) is 29.5. The Hall–Kier alpha value is -4.56. The molecule has 0 N–H and O–H groups in total. The van der Waals surface area contributed by atoms with Gasteiger partial charge in [0, 0.05) is 75.3 Å². The smallest absolute Gasteiger partial charge is 0.222 e. The molecule has 220 valence electrons. The molecule has 4 fully saturated rings. The van der Waals surface area contributed by atoms with Crippen LogP contribution in [0.1, 0.15) is 36.8 Å². The Morgan fingerprint density at radius 1 is 1.12 bits per heavy atom. The van der Waals surface area contributed by atoms with E-state index >= 15 is 0 Å². The van der Waals surface area contributed by atoms with Gasteiger partial charge in [0.2, 0.25) is 5.91 Å². The molecule has 8 rings (SSSR count). The van der Waals surface area contributed by atoms with Crippen LogP contribution in [0.5, 0.6) is 5.75 Å². The molecule has 43 heavy (non-hydrogen) atoms. The number of fused-ring (bicyclic) bond motifs is 3. The summed E-state index contributed by atoms with van der Waals surface area (Å²) in [6, 6.07) is 10.7. The van der Waals surface area contributed by atoms with Crippen molar-refractivity contribution in [2.75, 3.05) is 38.2 Å². The number of carbonyl (C=O) groups is 1. The molecule has 0 spiro atoms. The molecule has 3 unspecified atom stereocenters. The Labute approximate surface area is 249 Å². The number of piperazine rings is 1. The Kier molecular flexibility index (Phi) is 7.15. The van der Waals surface area contributed by atoms with Crippen LogP contribution in [0, 0.1) is 23.1 Å². The van der Waals surface area contributed by atoms with Gasteiger partial charge in [0.05, 0.1) is 36.3 Å². The van der Waals surface area contributed by atoms with Gasteiger partial charge in [-0.2, -0.15) is 10.4 Å². The number of amides is 1. The van der Waals surface area contributed by atoms with Crippen LogP contribution in [-0.2, 0) is 11.3 Å². The largest absolute Gasteiger partial charge is 0.492 e. The standard InChI is InChI=1S/C32H33FN8O2/c1-38-16-21(2-5-31(38)42)6-7-43-28-10-29(32-24(11-34)14-37-41(32)20-28)23-3-4-30(36-13-23)39-18-26-9-27(19-39)40(26)17-22-8-25(33)15-35-12-22/h3-4,8,10,12-15,20-21,26-27H,2,5-7,9,16-19H2,1H3. The molecule has 0 aliphatic carbocycles. The number of piperidine rings is 2. The van der Waals surface area contributed by atoms with Crippen LogP contribution in [0.25, 0.3) is 16.6 Å². The molecular weight excluding hydrogens is 547 g/mol. The molecule has 11 heteroatoms. The number of carbonyl (C=O) groups excluding carboxylic acids is 1. The third-order valence-corrected chi connectivity index (χ3v) is 9.08. The molecule has 4 aliphatic heterocycles. The maximum absolute atomic E-state index is 13.6. The van der Waals surface area contributed by atoms with Crippen LogP contribution in [0.15, 0.2) is 55.2 Å². The first-order valence-electron chi connectivity index (χ1n) is 14.8. The van der Waals surface area contributed by atoms with E-state index in [1.165, 1.54) is 6.20 Å². The molecule has 1 amide bonds. The van der Waals surface area contributed by atoms with Gasteiger partial charge in [0.1, 0.15) is 23.5 Å². The van der Waals surface area contributed by atoms with Crippen molar-refractivity contribution in [1.29, 1.82) is 5.26 Å². The van der Waals surface area contributed by atoms with Crippen molar-refractivity contribution in [3.05, 3.63) is 72.2 Å². The number of halogens is 1. The topological polar surface area (TPSA) is 103 Å². The molecule has 0 radical (unpaired) electrons. The lowest BCUT2D eigenvalue weighted by Gasteiger charge is -2.56. The predicted molar refractivity (Wildman–Crippen MR) is 158 cm³/mol. The summed E-state index contributed by atoms with van der Waals surface area (Å²) >= 11 is 0. The van der Waals surface area contributed by atoms with Crippen LogP contribution in [0.4, 0.5) is 10.2 Å². The summed E-state index contributed by atoms with van der Waals surface area (Å²) in [6.07, 6.45) is 11.7. The molecule has 4 aromatic heterocycles. The molecule has 4 aromatic rings. The lowest BCUT2D eigenvalue weighted by Crippen LogP contribution is -2.68. The van der Waals surface area contributed by atoms with Gasteiger partial charge in [-0.1, -0.05) is 0 Å². The van der Waals surface area contributed by atoms with E-state index in [0.717, 1.165) is 66.9 Å². The highest BCUT2D eigenvalue weighted by Gasteiger charge is 2.44. The lowest BCUT2D eigenvalue weighted by atomic mass is 9.87. The van der Waals surface area contributed by atoms with Gasteiger partial charge >= 0.3 is 0 Å². The zero-order valence-corrected chi connectivity index (χ0v) is 24.1. The maximum atomic E-state index is 13.6. The highest BCUT2D eigenvalue weighted by molar-refractivity contribution is 5.85. The molecule has 3 atom stereocenters. The van der Waals surface area contributed by atoms with Gasteiger partial charge in [-0.3, -0.25) is 14.7 Å². The van der Waals surface area contributed by atoms with Crippen LogP contribution in [0.2, 0.25) is 0 Å². The lowest BCUT2D eigenvalue weighted by molar-refractivity contribution is -0.133.